The lowest BCUT2D eigenvalue weighted by atomic mass is 10.1. The molecule has 0 saturated heterocycles. The molecule has 3 aromatic carbocycles. The molecule has 0 aliphatic heterocycles. The Labute approximate surface area is 205 Å². The fourth-order valence-corrected chi connectivity index (χ4v) is 3.97. The molecule has 2 N–H and O–H groups in total. The summed E-state index contributed by atoms with van der Waals surface area (Å²) in [6, 6.07) is 19.1. The van der Waals surface area contributed by atoms with E-state index in [1.807, 2.05) is 6.07 Å². The number of rotatable bonds is 8. The molecule has 36 heavy (non-hydrogen) atoms. The number of aromatic nitrogens is 3. The number of para-hydroxylation sites is 1. The van der Waals surface area contributed by atoms with Crippen LogP contribution >= 0.6 is 0 Å². The van der Waals surface area contributed by atoms with Crippen LogP contribution in [-0.2, 0) is 13.1 Å². The molecular formula is C26H25FN4O5. The van der Waals surface area contributed by atoms with E-state index in [2.05, 4.69) is 0 Å². The maximum atomic E-state index is 15.2. The molecule has 4 aromatic rings. The molecule has 0 saturated carbocycles. The van der Waals surface area contributed by atoms with Crippen molar-refractivity contribution >= 4 is 0 Å². The predicted molar refractivity (Wildman–Crippen MR) is 133 cm³/mol. The van der Waals surface area contributed by atoms with E-state index in [9.17, 15) is 14.4 Å². The summed E-state index contributed by atoms with van der Waals surface area (Å²) in [6.07, 6.45) is 0. The Morgan fingerprint density at radius 3 is 2.08 bits per heavy atom. The van der Waals surface area contributed by atoms with Crippen LogP contribution in [0.5, 0.6) is 11.5 Å². The summed E-state index contributed by atoms with van der Waals surface area (Å²) in [7, 11) is 2.73. The minimum atomic E-state index is -1.01. The number of nitrogens with zero attached hydrogens (tertiary/aromatic N) is 3. The van der Waals surface area contributed by atoms with E-state index in [4.69, 9.17) is 15.2 Å². The van der Waals surface area contributed by atoms with Crippen molar-refractivity contribution in [3.63, 3.8) is 0 Å². The third-order valence-electron chi connectivity index (χ3n) is 5.84. The molecule has 186 valence electrons. The zero-order valence-electron chi connectivity index (χ0n) is 19.8. The molecule has 10 heteroatoms. The standard InChI is InChI=1S/C26H25FN4O5/c1-35-21-13-7-6-11-18(21)15-29-24(32)30(16-19(28)17-9-4-3-5-10-17)26(34)31(25(29)33)20-12-8-14-22(36-2)23(20)27/h3-14,19H,15-16,28H2,1-2H3/t19-/m0/s1. The molecule has 0 bridgehead atoms. The lowest BCUT2D eigenvalue weighted by molar-refractivity contribution is 0.383. The SMILES string of the molecule is COc1ccccc1Cn1c(=O)n(C[C@H](N)c2ccccc2)c(=O)n(-c2cccc(OC)c2F)c1=O. The Kier molecular flexibility index (Phi) is 7.16. The van der Waals surface area contributed by atoms with E-state index >= 15 is 4.39 Å². The summed E-state index contributed by atoms with van der Waals surface area (Å²) in [5.41, 5.74) is 4.27. The van der Waals surface area contributed by atoms with E-state index in [0.29, 0.717) is 21.4 Å². The second-order valence-corrected chi connectivity index (χ2v) is 8.00. The Bertz CT molecular complexity index is 1560. The van der Waals surface area contributed by atoms with Crippen molar-refractivity contribution in [3.05, 3.63) is 121 Å². The van der Waals surface area contributed by atoms with Crippen LogP contribution in [0.25, 0.3) is 5.69 Å². The van der Waals surface area contributed by atoms with E-state index in [-0.39, 0.29) is 24.5 Å². The zero-order valence-corrected chi connectivity index (χ0v) is 19.8. The van der Waals surface area contributed by atoms with E-state index < -0.39 is 28.9 Å². The highest BCUT2D eigenvalue weighted by Gasteiger charge is 2.22. The molecule has 9 nitrogen and oxygen atoms in total. The van der Waals surface area contributed by atoms with E-state index in [0.717, 1.165) is 9.13 Å². The van der Waals surface area contributed by atoms with Crippen LogP contribution < -0.4 is 32.3 Å². The van der Waals surface area contributed by atoms with Gasteiger partial charge in [0, 0.05) is 11.6 Å². The van der Waals surface area contributed by atoms with Crippen LogP contribution in [0.2, 0.25) is 0 Å². The summed E-state index contributed by atoms with van der Waals surface area (Å²) < 4.78 is 27.9. The topological polar surface area (TPSA) is 110 Å². The van der Waals surface area contributed by atoms with Crippen molar-refractivity contribution < 1.29 is 13.9 Å². The Balaban J connectivity index is 1.97. The summed E-state index contributed by atoms with van der Waals surface area (Å²) in [5, 5.41) is 0. The van der Waals surface area contributed by atoms with Crippen molar-refractivity contribution in [2.45, 2.75) is 19.1 Å². The average Bonchev–Trinajstić information content (AvgIpc) is 2.90. The van der Waals surface area contributed by atoms with Gasteiger partial charge in [-0.25, -0.2) is 32.5 Å². The molecule has 0 fully saturated rings. The first-order valence-corrected chi connectivity index (χ1v) is 11.1. The molecule has 0 aliphatic carbocycles. The Hall–Kier alpha value is -4.44. The van der Waals surface area contributed by atoms with Crippen molar-refractivity contribution in [3.8, 4) is 17.2 Å². The maximum Gasteiger partial charge on any atom is 0.341 e. The van der Waals surface area contributed by atoms with Gasteiger partial charge in [0.25, 0.3) is 0 Å². The van der Waals surface area contributed by atoms with Gasteiger partial charge in [-0.2, -0.15) is 0 Å². The fraction of sp³-hybridized carbons (Fsp3) is 0.192. The minimum Gasteiger partial charge on any atom is -0.496 e. The van der Waals surface area contributed by atoms with Gasteiger partial charge in [-0.1, -0.05) is 54.6 Å². The third-order valence-corrected chi connectivity index (χ3v) is 5.84. The molecule has 1 aromatic heterocycles. The highest BCUT2D eigenvalue weighted by Crippen LogP contribution is 2.22. The highest BCUT2D eigenvalue weighted by atomic mass is 19.1. The number of ether oxygens (including phenoxy) is 2. The van der Waals surface area contributed by atoms with Gasteiger partial charge in [0.15, 0.2) is 11.6 Å². The fourth-order valence-electron chi connectivity index (χ4n) is 3.97. The first-order chi connectivity index (χ1) is 17.4. The molecule has 1 atom stereocenters. The van der Waals surface area contributed by atoms with Gasteiger partial charge in [0.2, 0.25) is 0 Å². The maximum absolute atomic E-state index is 15.2. The van der Waals surface area contributed by atoms with Gasteiger partial charge in [-0.3, -0.25) is 0 Å². The molecule has 0 radical (unpaired) electrons. The second-order valence-electron chi connectivity index (χ2n) is 8.00. The van der Waals surface area contributed by atoms with Crippen LogP contribution in [0.15, 0.2) is 87.2 Å². The number of benzene rings is 3. The molecule has 0 amide bonds. The normalized spacial score (nSPS) is 11.8. The molecule has 4 rings (SSSR count). The van der Waals surface area contributed by atoms with Gasteiger partial charge in [-0.15, -0.1) is 0 Å². The smallest absolute Gasteiger partial charge is 0.341 e. The Morgan fingerprint density at radius 2 is 1.39 bits per heavy atom. The molecule has 0 aliphatic rings. The summed E-state index contributed by atoms with van der Waals surface area (Å²) >= 11 is 0. The number of halogens is 1. The predicted octanol–water partition coefficient (Wildman–Crippen LogP) is 2.07. The quantitative estimate of drug-likeness (QED) is 0.403. The molecule has 0 spiro atoms. The van der Waals surface area contributed by atoms with Crippen LogP contribution in [0.4, 0.5) is 4.39 Å². The minimum absolute atomic E-state index is 0.159. The van der Waals surface area contributed by atoms with Gasteiger partial charge in [0.1, 0.15) is 5.75 Å². The number of hydrogen-bond donors (Lipinski definition) is 1. The van der Waals surface area contributed by atoms with E-state index in [1.54, 1.807) is 48.5 Å². The van der Waals surface area contributed by atoms with Crippen molar-refractivity contribution in [1.82, 2.24) is 13.7 Å². The first kappa shape index (κ1) is 24.7. The van der Waals surface area contributed by atoms with Crippen LogP contribution in [0.1, 0.15) is 17.2 Å². The van der Waals surface area contributed by atoms with Gasteiger partial charge in [0.05, 0.1) is 33.0 Å². The summed E-state index contributed by atoms with van der Waals surface area (Å²) in [4.78, 5) is 40.5. The summed E-state index contributed by atoms with van der Waals surface area (Å²) in [6.45, 7) is -0.451. The van der Waals surface area contributed by atoms with Crippen molar-refractivity contribution in [2.24, 2.45) is 5.73 Å². The largest absolute Gasteiger partial charge is 0.496 e. The van der Waals surface area contributed by atoms with Gasteiger partial charge in [-0.05, 0) is 23.8 Å². The number of nitrogens with two attached hydrogens (primary N) is 1. The number of methoxy groups -OCH3 is 2. The van der Waals surface area contributed by atoms with E-state index in [1.165, 1.54) is 32.4 Å². The van der Waals surface area contributed by atoms with Gasteiger partial charge >= 0.3 is 17.1 Å². The number of hydrogen-bond acceptors (Lipinski definition) is 6. The van der Waals surface area contributed by atoms with Crippen LogP contribution in [-0.4, -0.2) is 27.9 Å². The monoisotopic (exact) mass is 492 g/mol. The molecule has 1 heterocycles. The molecule has 0 unspecified atom stereocenters. The second kappa shape index (κ2) is 10.4. The first-order valence-electron chi connectivity index (χ1n) is 11.1. The van der Waals surface area contributed by atoms with Crippen LogP contribution in [0, 0.1) is 5.82 Å². The van der Waals surface area contributed by atoms with Crippen molar-refractivity contribution in [2.75, 3.05) is 14.2 Å². The average molecular weight is 493 g/mol. The van der Waals surface area contributed by atoms with Crippen molar-refractivity contribution in [1.29, 1.82) is 0 Å². The third kappa shape index (κ3) is 4.58. The van der Waals surface area contributed by atoms with Crippen LogP contribution in [0.3, 0.4) is 0 Å². The lowest BCUT2D eigenvalue weighted by Crippen LogP contribution is -2.55. The zero-order chi connectivity index (χ0) is 25.8. The highest BCUT2D eigenvalue weighted by molar-refractivity contribution is 5.41. The molecular weight excluding hydrogens is 467 g/mol. The Morgan fingerprint density at radius 1 is 0.778 bits per heavy atom. The van der Waals surface area contributed by atoms with Gasteiger partial charge < -0.3 is 15.2 Å². The lowest BCUT2D eigenvalue weighted by Gasteiger charge is -2.18. The summed E-state index contributed by atoms with van der Waals surface area (Å²) in [5.74, 6) is -0.629.